The third kappa shape index (κ3) is 5.12. The van der Waals surface area contributed by atoms with Gasteiger partial charge in [0.1, 0.15) is 0 Å². The van der Waals surface area contributed by atoms with Crippen molar-refractivity contribution in [2.24, 2.45) is 0 Å². The molecule has 0 aliphatic carbocycles. The lowest BCUT2D eigenvalue weighted by Gasteiger charge is -2.05. The van der Waals surface area contributed by atoms with Crippen LogP contribution in [-0.4, -0.2) is 31.4 Å². The van der Waals surface area contributed by atoms with E-state index in [9.17, 15) is 14.3 Å². The third-order valence-corrected chi connectivity index (χ3v) is 6.71. The Hall–Kier alpha value is -3.29. The Morgan fingerprint density at radius 1 is 0.969 bits per heavy atom. The minimum atomic E-state index is -1.26. The molecule has 0 saturated carbocycles. The molecule has 162 valence electrons. The maximum absolute atomic E-state index is 12.4. The number of nitrogens with one attached hydrogen (secondary N) is 1. The fourth-order valence-corrected chi connectivity index (χ4v) is 4.73. The summed E-state index contributed by atoms with van der Waals surface area (Å²) in [6, 6.07) is 21.1. The van der Waals surface area contributed by atoms with Crippen LogP contribution in [0.15, 0.2) is 84.0 Å². The number of hydrogen-bond donors (Lipinski definition) is 1. The van der Waals surface area contributed by atoms with E-state index in [1.54, 1.807) is 12.4 Å². The average Bonchev–Trinajstić information content (AvgIpc) is 3.25. The van der Waals surface area contributed by atoms with Crippen molar-refractivity contribution in [1.29, 1.82) is 0 Å². The minimum absolute atomic E-state index is 0.170. The molecule has 2 aromatic heterocycles. The molecule has 6 nitrogen and oxygen atoms in total. The standard InChI is InChI=1S/C24H20ClN3O3S/c25-20-4-1-3-19(15-20)24-22(17-9-11-26-12-10-17)16-23(27-24)18-5-7-21(8-6-18)32(31)14-2-13-28(29)30/h1,3-12,15-16,27H,2,13-14H2. The van der Waals surface area contributed by atoms with E-state index in [-0.39, 0.29) is 23.6 Å². The van der Waals surface area contributed by atoms with Gasteiger partial charge in [-0.3, -0.25) is 19.3 Å². The van der Waals surface area contributed by atoms with Crippen molar-refractivity contribution in [2.45, 2.75) is 11.3 Å². The van der Waals surface area contributed by atoms with Crippen LogP contribution < -0.4 is 0 Å². The molecule has 0 saturated heterocycles. The summed E-state index contributed by atoms with van der Waals surface area (Å²) in [7, 11) is -1.26. The molecule has 2 heterocycles. The number of H-pyrrole nitrogens is 1. The van der Waals surface area contributed by atoms with E-state index in [1.165, 1.54) is 0 Å². The molecule has 0 aliphatic heterocycles. The number of hydrogen-bond acceptors (Lipinski definition) is 4. The summed E-state index contributed by atoms with van der Waals surface area (Å²) in [6.07, 6.45) is 3.80. The fourth-order valence-electron chi connectivity index (χ4n) is 3.47. The van der Waals surface area contributed by atoms with Crippen LogP contribution in [0.5, 0.6) is 0 Å². The molecule has 0 fully saturated rings. The summed E-state index contributed by atoms with van der Waals surface area (Å²) < 4.78 is 12.4. The zero-order valence-corrected chi connectivity index (χ0v) is 18.6. The number of halogens is 1. The van der Waals surface area contributed by atoms with Gasteiger partial charge in [-0.05, 0) is 53.6 Å². The average molecular weight is 466 g/mol. The van der Waals surface area contributed by atoms with E-state index in [1.807, 2.05) is 60.7 Å². The van der Waals surface area contributed by atoms with Crippen molar-refractivity contribution in [3.8, 4) is 33.6 Å². The van der Waals surface area contributed by atoms with Gasteiger partial charge in [0.2, 0.25) is 6.54 Å². The Bertz CT molecular complexity index is 1260. The van der Waals surface area contributed by atoms with Crippen molar-refractivity contribution in [3.63, 3.8) is 0 Å². The van der Waals surface area contributed by atoms with Crippen molar-refractivity contribution >= 4 is 22.4 Å². The van der Waals surface area contributed by atoms with Crippen LogP contribution in [0, 0.1) is 10.1 Å². The summed E-state index contributed by atoms with van der Waals surface area (Å²) in [4.78, 5) is 18.4. The Kier molecular flexibility index (Phi) is 6.78. The quantitative estimate of drug-likeness (QED) is 0.261. The second-order valence-corrected chi connectivity index (χ2v) is 9.21. The lowest BCUT2D eigenvalue weighted by Crippen LogP contribution is -2.06. The van der Waals surface area contributed by atoms with Crippen LogP contribution >= 0.6 is 11.6 Å². The van der Waals surface area contributed by atoms with Gasteiger partial charge >= 0.3 is 0 Å². The zero-order chi connectivity index (χ0) is 22.5. The first kappa shape index (κ1) is 21.9. The predicted molar refractivity (Wildman–Crippen MR) is 128 cm³/mol. The molecule has 4 rings (SSSR count). The fraction of sp³-hybridized carbons (Fsp3) is 0.125. The van der Waals surface area contributed by atoms with Gasteiger partial charge in [-0.2, -0.15) is 0 Å². The van der Waals surface area contributed by atoms with Gasteiger partial charge in [-0.25, -0.2) is 0 Å². The number of pyridine rings is 1. The summed E-state index contributed by atoms with van der Waals surface area (Å²) in [5.41, 5.74) is 5.83. The van der Waals surface area contributed by atoms with Gasteiger partial charge in [0.05, 0.1) is 16.5 Å². The van der Waals surface area contributed by atoms with Gasteiger partial charge in [0, 0.05) is 56.2 Å². The summed E-state index contributed by atoms with van der Waals surface area (Å²) in [5.74, 6) is 0.272. The molecule has 32 heavy (non-hydrogen) atoms. The highest BCUT2D eigenvalue weighted by Crippen LogP contribution is 2.36. The molecule has 1 atom stereocenters. The Balaban J connectivity index is 1.65. The molecule has 0 spiro atoms. The van der Waals surface area contributed by atoms with E-state index in [0.29, 0.717) is 9.92 Å². The molecule has 1 unspecified atom stereocenters. The third-order valence-electron chi connectivity index (χ3n) is 5.02. The SMILES string of the molecule is O=[N+]([O-])CCCS(=O)c1ccc(-c2cc(-c3ccncc3)c(-c3cccc(Cl)c3)[nH]2)cc1. The molecule has 0 aliphatic rings. The van der Waals surface area contributed by atoms with Crippen LogP contribution in [0.3, 0.4) is 0 Å². The summed E-state index contributed by atoms with van der Waals surface area (Å²) >= 11 is 6.23. The van der Waals surface area contributed by atoms with Crippen molar-refractivity contribution in [3.05, 3.63) is 94.3 Å². The second kappa shape index (κ2) is 9.89. The molecule has 0 radical (unpaired) electrons. The van der Waals surface area contributed by atoms with E-state index >= 15 is 0 Å². The molecule has 8 heteroatoms. The van der Waals surface area contributed by atoms with Crippen LogP contribution in [-0.2, 0) is 10.8 Å². The first-order valence-electron chi connectivity index (χ1n) is 10.0. The first-order valence-corrected chi connectivity index (χ1v) is 11.7. The Morgan fingerprint density at radius 3 is 2.41 bits per heavy atom. The van der Waals surface area contributed by atoms with Gasteiger partial charge < -0.3 is 4.98 Å². The lowest BCUT2D eigenvalue weighted by molar-refractivity contribution is -0.479. The van der Waals surface area contributed by atoms with E-state index in [0.717, 1.165) is 33.6 Å². The van der Waals surface area contributed by atoms with Crippen LogP contribution in [0.2, 0.25) is 5.02 Å². The van der Waals surface area contributed by atoms with E-state index in [2.05, 4.69) is 16.0 Å². The van der Waals surface area contributed by atoms with Crippen molar-refractivity contribution in [1.82, 2.24) is 9.97 Å². The molecule has 1 N–H and O–H groups in total. The Labute approximate surface area is 192 Å². The number of aromatic amines is 1. The van der Waals surface area contributed by atoms with Crippen LogP contribution in [0.1, 0.15) is 6.42 Å². The molecule has 2 aromatic carbocycles. The van der Waals surface area contributed by atoms with Gasteiger partial charge in [0.25, 0.3) is 0 Å². The molecule has 0 bridgehead atoms. The largest absolute Gasteiger partial charge is 0.354 e. The van der Waals surface area contributed by atoms with Gasteiger partial charge in [-0.15, -0.1) is 0 Å². The lowest BCUT2D eigenvalue weighted by atomic mass is 10.0. The highest BCUT2D eigenvalue weighted by Gasteiger charge is 2.14. The highest BCUT2D eigenvalue weighted by molar-refractivity contribution is 7.85. The highest BCUT2D eigenvalue weighted by atomic mass is 35.5. The topological polar surface area (TPSA) is 88.9 Å². The van der Waals surface area contributed by atoms with Gasteiger partial charge in [-0.1, -0.05) is 35.9 Å². The maximum Gasteiger partial charge on any atom is 0.204 e. The zero-order valence-electron chi connectivity index (χ0n) is 17.0. The first-order chi connectivity index (χ1) is 15.5. The maximum atomic E-state index is 12.4. The summed E-state index contributed by atoms with van der Waals surface area (Å²) in [5, 5.41) is 11.1. The minimum Gasteiger partial charge on any atom is -0.354 e. The number of nitrogens with zero attached hydrogens (tertiary/aromatic N) is 2. The predicted octanol–water partition coefficient (Wildman–Crippen LogP) is 5.84. The van der Waals surface area contributed by atoms with Crippen LogP contribution in [0.4, 0.5) is 0 Å². The molecular weight excluding hydrogens is 446 g/mol. The Morgan fingerprint density at radius 2 is 1.72 bits per heavy atom. The number of nitro groups is 1. The molecule has 0 amide bonds. The second-order valence-electron chi connectivity index (χ2n) is 7.20. The number of benzene rings is 2. The normalized spacial score (nSPS) is 11.9. The monoisotopic (exact) mass is 465 g/mol. The van der Waals surface area contributed by atoms with E-state index in [4.69, 9.17) is 11.6 Å². The molecule has 4 aromatic rings. The number of rotatable bonds is 8. The smallest absolute Gasteiger partial charge is 0.204 e. The van der Waals surface area contributed by atoms with E-state index < -0.39 is 10.8 Å². The number of aromatic nitrogens is 2. The van der Waals surface area contributed by atoms with Gasteiger partial charge in [0.15, 0.2) is 0 Å². The van der Waals surface area contributed by atoms with Crippen molar-refractivity contribution < 1.29 is 9.13 Å². The summed E-state index contributed by atoms with van der Waals surface area (Å²) in [6.45, 7) is -0.170. The molecular formula is C24H20ClN3O3S. The van der Waals surface area contributed by atoms with Crippen molar-refractivity contribution in [2.75, 3.05) is 12.3 Å². The van der Waals surface area contributed by atoms with Crippen LogP contribution in [0.25, 0.3) is 33.6 Å².